The van der Waals surface area contributed by atoms with Crippen molar-refractivity contribution in [3.8, 4) is 0 Å². The summed E-state index contributed by atoms with van der Waals surface area (Å²) in [6.45, 7) is 4.82. The molecular formula is C23H29ClN2O3S. The average Bonchev–Trinajstić information content (AvgIpc) is 2.72. The number of halogens is 1. The van der Waals surface area contributed by atoms with E-state index < -0.39 is 10.0 Å². The molecule has 0 saturated carbocycles. The Morgan fingerprint density at radius 1 is 1.17 bits per heavy atom. The molecule has 1 heterocycles. The van der Waals surface area contributed by atoms with Crippen LogP contribution in [0.1, 0.15) is 48.9 Å². The molecule has 0 unspecified atom stereocenters. The Labute approximate surface area is 184 Å². The summed E-state index contributed by atoms with van der Waals surface area (Å²) in [5, 5.41) is 3.68. The second-order valence-electron chi connectivity index (χ2n) is 7.94. The van der Waals surface area contributed by atoms with Gasteiger partial charge in [-0.1, -0.05) is 60.5 Å². The molecule has 7 heteroatoms. The average molecular weight is 449 g/mol. The minimum atomic E-state index is -3.43. The Morgan fingerprint density at radius 2 is 1.83 bits per heavy atom. The third kappa shape index (κ3) is 5.84. The zero-order valence-electron chi connectivity index (χ0n) is 17.5. The Morgan fingerprint density at radius 3 is 2.43 bits per heavy atom. The number of carbonyl (C=O) groups is 1. The number of amides is 1. The van der Waals surface area contributed by atoms with E-state index in [1.807, 2.05) is 19.1 Å². The van der Waals surface area contributed by atoms with Gasteiger partial charge in [-0.2, -0.15) is 0 Å². The van der Waals surface area contributed by atoms with Crippen molar-refractivity contribution in [3.63, 3.8) is 0 Å². The molecular weight excluding hydrogens is 420 g/mol. The maximum Gasteiger partial charge on any atom is 0.223 e. The van der Waals surface area contributed by atoms with Gasteiger partial charge in [0, 0.05) is 24.0 Å². The molecule has 0 aliphatic carbocycles. The third-order valence-electron chi connectivity index (χ3n) is 5.66. The van der Waals surface area contributed by atoms with Gasteiger partial charge in [0.2, 0.25) is 15.9 Å². The Bertz CT molecular complexity index is 968. The zero-order chi connectivity index (χ0) is 21.7. The van der Waals surface area contributed by atoms with E-state index in [9.17, 15) is 13.2 Å². The van der Waals surface area contributed by atoms with Crippen molar-refractivity contribution in [2.45, 2.75) is 44.9 Å². The van der Waals surface area contributed by atoms with Crippen molar-refractivity contribution >= 4 is 27.5 Å². The molecule has 0 bridgehead atoms. The number of benzene rings is 2. The molecule has 3 rings (SSSR count). The van der Waals surface area contributed by atoms with E-state index in [1.54, 1.807) is 24.3 Å². The van der Waals surface area contributed by atoms with Crippen molar-refractivity contribution < 1.29 is 13.2 Å². The van der Waals surface area contributed by atoms with Crippen LogP contribution in [0.2, 0.25) is 5.02 Å². The molecule has 1 aliphatic rings. The number of piperidine rings is 1. The molecule has 5 nitrogen and oxygen atoms in total. The molecule has 30 heavy (non-hydrogen) atoms. The molecule has 162 valence electrons. The number of nitrogens with one attached hydrogen (secondary N) is 1. The van der Waals surface area contributed by atoms with Crippen molar-refractivity contribution in [3.05, 3.63) is 70.2 Å². The van der Waals surface area contributed by atoms with Gasteiger partial charge in [-0.25, -0.2) is 12.7 Å². The summed E-state index contributed by atoms with van der Waals surface area (Å²) in [7, 11) is -3.43. The fraction of sp³-hybridized carbons (Fsp3) is 0.435. The van der Waals surface area contributed by atoms with Crippen LogP contribution in [-0.4, -0.2) is 31.7 Å². The van der Waals surface area contributed by atoms with E-state index in [-0.39, 0.29) is 23.6 Å². The topological polar surface area (TPSA) is 66.5 Å². The summed E-state index contributed by atoms with van der Waals surface area (Å²) in [4.78, 5) is 12.8. The van der Waals surface area contributed by atoms with Crippen molar-refractivity contribution in [2.75, 3.05) is 13.1 Å². The summed E-state index contributed by atoms with van der Waals surface area (Å²) in [5.41, 5.74) is 2.95. The second kappa shape index (κ2) is 9.94. The summed E-state index contributed by atoms with van der Waals surface area (Å²) in [6.07, 6.45) is 1.87. The lowest BCUT2D eigenvalue weighted by atomic mass is 9.95. The van der Waals surface area contributed by atoms with Gasteiger partial charge in [-0.15, -0.1) is 0 Å². The molecule has 0 radical (unpaired) electrons. The van der Waals surface area contributed by atoms with Crippen LogP contribution in [-0.2, 0) is 20.6 Å². The highest BCUT2D eigenvalue weighted by atomic mass is 35.5. The van der Waals surface area contributed by atoms with Gasteiger partial charge < -0.3 is 5.32 Å². The van der Waals surface area contributed by atoms with E-state index in [2.05, 4.69) is 24.4 Å². The Kier molecular flexibility index (Phi) is 7.55. The van der Waals surface area contributed by atoms with E-state index in [0.29, 0.717) is 36.5 Å². The van der Waals surface area contributed by atoms with Crippen LogP contribution < -0.4 is 5.32 Å². The van der Waals surface area contributed by atoms with Gasteiger partial charge in [0.25, 0.3) is 0 Å². The molecule has 2 aromatic carbocycles. The first-order valence-corrected chi connectivity index (χ1v) is 12.4. The maximum atomic E-state index is 12.8. The van der Waals surface area contributed by atoms with Crippen molar-refractivity contribution in [1.82, 2.24) is 9.62 Å². The minimum absolute atomic E-state index is 0.00862. The molecule has 0 aromatic heterocycles. The number of sulfonamides is 1. The summed E-state index contributed by atoms with van der Waals surface area (Å²) >= 11 is 5.97. The standard InChI is InChI=1S/C23H29ClN2O3S/c1-3-22(19-9-7-17(2)8-10-19)25-23(27)20-11-13-26(14-12-20)30(28,29)16-18-5-4-6-21(24)15-18/h4-10,15,20,22H,3,11-14,16H2,1-2H3,(H,25,27)/t22-/m0/s1. The maximum absolute atomic E-state index is 12.8. The van der Waals surface area contributed by atoms with Crippen LogP contribution in [0, 0.1) is 12.8 Å². The fourth-order valence-electron chi connectivity index (χ4n) is 3.83. The number of carbonyl (C=O) groups excluding carboxylic acids is 1. The number of nitrogens with zero attached hydrogens (tertiary/aromatic N) is 1. The first-order valence-electron chi connectivity index (χ1n) is 10.4. The first kappa shape index (κ1) is 22.8. The van der Waals surface area contributed by atoms with Crippen LogP contribution in [0.15, 0.2) is 48.5 Å². The number of hydrogen-bond donors (Lipinski definition) is 1. The third-order valence-corrected chi connectivity index (χ3v) is 7.75. The van der Waals surface area contributed by atoms with Crippen molar-refractivity contribution in [1.29, 1.82) is 0 Å². The highest BCUT2D eigenvalue weighted by molar-refractivity contribution is 7.88. The van der Waals surface area contributed by atoms with Gasteiger partial charge in [-0.05, 0) is 49.4 Å². The van der Waals surface area contributed by atoms with E-state index >= 15 is 0 Å². The van der Waals surface area contributed by atoms with Crippen molar-refractivity contribution in [2.24, 2.45) is 5.92 Å². The molecule has 1 N–H and O–H groups in total. The van der Waals surface area contributed by atoms with Crippen LogP contribution in [0.4, 0.5) is 0 Å². The van der Waals surface area contributed by atoms with Gasteiger partial charge in [0.1, 0.15) is 0 Å². The smallest absolute Gasteiger partial charge is 0.223 e. The monoisotopic (exact) mass is 448 g/mol. The highest BCUT2D eigenvalue weighted by Gasteiger charge is 2.31. The molecule has 1 atom stereocenters. The van der Waals surface area contributed by atoms with E-state index in [4.69, 9.17) is 11.6 Å². The van der Waals surface area contributed by atoms with E-state index in [0.717, 1.165) is 12.0 Å². The zero-order valence-corrected chi connectivity index (χ0v) is 19.0. The summed E-state index contributed by atoms with van der Waals surface area (Å²) in [5.74, 6) is -0.230. The van der Waals surface area contributed by atoms with Crippen LogP contribution in [0.5, 0.6) is 0 Å². The predicted molar refractivity (Wildman–Crippen MR) is 121 cm³/mol. The quantitative estimate of drug-likeness (QED) is 0.680. The lowest BCUT2D eigenvalue weighted by Crippen LogP contribution is -2.44. The number of hydrogen-bond acceptors (Lipinski definition) is 3. The highest BCUT2D eigenvalue weighted by Crippen LogP contribution is 2.24. The first-order chi connectivity index (χ1) is 14.3. The summed E-state index contributed by atoms with van der Waals surface area (Å²) < 4.78 is 27.0. The van der Waals surface area contributed by atoms with Gasteiger partial charge >= 0.3 is 0 Å². The fourth-order valence-corrected chi connectivity index (χ4v) is 5.60. The van der Waals surface area contributed by atoms with Crippen LogP contribution >= 0.6 is 11.6 Å². The van der Waals surface area contributed by atoms with Gasteiger partial charge in [-0.3, -0.25) is 4.79 Å². The molecule has 1 aliphatic heterocycles. The van der Waals surface area contributed by atoms with Gasteiger partial charge in [0.05, 0.1) is 11.8 Å². The van der Waals surface area contributed by atoms with E-state index in [1.165, 1.54) is 9.87 Å². The lowest BCUT2D eigenvalue weighted by Gasteiger charge is -2.31. The van der Waals surface area contributed by atoms with Crippen LogP contribution in [0.25, 0.3) is 0 Å². The Hall–Kier alpha value is -1.89. The van der Waals surface area contributed by atoms with Gasteiger partial charge in [0.15, 0.2) is 0 Å². The normalized spacial score (nSPS) is 16.9. The number of aryl methyl sites for hydroxylation is 1. The lowest BCUT2D eigenvalue weighted by molar-refractivity contribution is -0.126. The SMILES string of the molecule is CC[C@H](NC(=O)C1CCN(S(=O)(=O)Cc2cccc(Cl)c2)CC1)c1ccc(C)cc1. The molecule has 1 saturated heterocycles. The summed E-state index contributed by atoms with van der Waals surface area (Å²) in [6, 6.07) is 15.1. The van der Waals surface area contributed by atoms with Crippen LogP contribution in [0.3, 0.4) is 0 Å². The minimum Gasteiger partial charge on any atom is -0.349 e. The second-order valence-corrected chi connectivity index (χ2v) is 10.3. The number of rotatable bonds is 7. The molecule has 0 spiro atoms. The largest absolute Gasteiger partial charge is 0.349 e. The molecule has 1 fully saturated rings. The molecule has 2 aromatic rings. The molecule has 1 amide bonds. The predicted octanol–water partition coefficient (Wildman–Crippen LogP) is 4.46. The Balaban J connectivity index is 1.56.